The average Bonchev–Trinajstić information content (AvgIpc) is 3.17. The van der Waals surface area contributed by atoms with Crippen LogP contribution in [0.5, 0.6) is 5.75 Å². The van der Waals surface area contributed by atoms with Crippen LogP contribution in [0.3, 0.4) is 0 Å². The average molecular weight is 538 g/mol. The number of allylic oxidation sites excluding steroid dienone is 1. The van der Waals surface area contributed by atoms with Gasteiger partial charge in [0.1, 0.15) is 11.1 Å². The third-order valence-corrected chi connectivity index (χ3v) is 7.97. The van der Waals surface area contributed by atoms with Crippen molar-refractivity contribution in [1.29, 1.82) is 0 Å². The second-order valence-electron chi connectivity index (χ2n) is 11.4. The fraction of sp³-hybridized carbons (Fsp3) is 0.333. The minimum absolute atomic E-state index is 0.0198. The first kappa shape index (κ1) is 24.6. The van der Waals surface area contributed by atoms with Gasteiger partial charge in [-0.15, -0.1) is 0 Å². The van der Waals surface area contributed by atoms with E-state index in [2.05, 4.69) is 54.3 Å². The Morgan fingerprint density at radius 1 is 1.07 bits per heavy atom. The van der Waals surface area contributed by atoms with E-state index >= 15 is 0 Å². The molecule has 0 aliphatic carbocycles. The lowest BCUT2D eigenvalue weighted by Crippen LogP contribution is -2.39. The second-order valence-corrected chi connectivity index (χ2v) is 11.4. The summed E-state index contributed by atoms with van der Waals surface area (Å²) in [4.78, 5) is 39.6. The van der Waals surface area contributed by atoms with Gasteiger partial charge >= 0.3 is 0 Å². The number of nitrogens with zero attached hydrogens (tertiary/aromatic N) is 6. The normalized spacial score (nSPS) is 18.9. The van der Waals surface area contributed by atoms with Gasteiger partial charge in [0.05, 0.1) is 17.9 Å². The van der Waals surface area contributed by atoms with Crippen LogP contribution in [0.25, 0.3) is 16.7 Å². The number of fused-ring (bicyclic) bond motifs is 6. The molecule has 4 aromatic rings. The van der Waals surface area contributed by atoms with Crippen molar-refractivity contribution in [1.82, 2.24) is 24.2 Å². The van der Waals surface area contributed by atoms with Crippen molar-refractivity contribution >= 4 is 34.3 Å². The number of hydrogen-bond donors (Lipinski definition) is 1. The molecule has 10 heteroatoms. The fourth-order valence-corrected chi connectivity index (χ4v) is 6.28. The third-order valence-electron chi connectivity index (χ3n) is 7.97. The van der Waals surface area contributed by atoms with Gasteiger partial charge in [-0.05, 0) is 54.9 Å². The van der Waals surface area contributed by atoms with Gasteiger partial charge < -0.3 is 19.9 Å². The Bertz CT molecular complexity index is 1770. The molecule has 1 amide bonds. The number of hydrogen-bond acceptors (Lipinski definition) is 7. The minimum Gasteiger partial charge on any atom is -0.482 e. The summed E-state index contributed by atoms with van der Waals surface area (Å²) >= 11 is 0. The molecule has 2 aromatic heterocycles. The standard InChI is InChI=1S/C30H31N7O3/c1-30(2)18-34(3)16-19-13-20(7-9-23(19)30)32-29-31-15-22-27(33-29)37-21-8-10-25-24(14-21)35(26(38)17-40-25)11-5-4-6-12-36(37)28(22)39/h4,6-10,13-15H,5,11-12,16-18H2,1-3H3,(H,31,32,33)/b6-4+. The maximum atomic E-state index is 13.5. The number of anilines is 3. The summed E-state index contributed by atoms with van der Waals surface area (Å²) in [5.74, 6) is 0.968. The molecular formula is C30H31N7O3. The zero-order valence-electron chi connectivity index (χ0n) is 22.8. The third kappa shape index (κ3) is 3.98. The molecule has 40 heavy (non-hydrogen) atoms. The number of amides is 1. The molecule has 10 nitrogen and oxygen atoms in total. The molecule has 0 atom stereocenters. The van der Waals surface area contributed by atoms with E-state index in [0.29, 0.717) is 53.6 Å². The summed E-state index contributed by atoms with van der Waals surface area (Å²) < 4.78 is 9.15. The second kappa shape index (κ2) is 9.06. The molecule has 7 rings (SSSR count). The smallest absolute Gasteiger partial charge is 0.278 e. The number of rotatable bonds is 2. The van der Waals surface area contributed by atoms with Gasteiger partial charge in [-0.2, -0.15) is 4.98 Å². The molecule has 3 aliphatic rings. The summed E-state index contributed by atoms with van der Waals surface area (Å²) in [5, 5.41) is 3.78. The molecule has 3 aliphatic heterocycles. The van der Waals surface area contributed by atoms with Crippen LogP contribution in [0.4, 0.5) is 17.3 Å². The van der Waals surface area contributed by atoms with Crippen LogP contribution in [-0.2, 0) is 23.3 Å². The maximum Gasteiger partial charge on any atom is 0.278 e. The van der Waals surface area contributed by atoms with Gasteiger partial charge in [0.25, 0.3) is 11.5 Å². The quantitative estimate of drug-likeness (QED) is 0.389. The molecule has 1 N–H and O–H groups in total. The Hall–Kier alpha value is -4.44. The van der Waals surface area contributed by atoms with Crippen molar-refractivity contribution in [2.24, 2.45) is 0 Å². The lowest BCUT2D eigenvalue weighted by atomic mass is 9.78. The van der Waals surface area contributed by atoms with Crippen LogP contribution in [0.15, 0.2) is 59.5 Å². The number of carbonyl (C=O) groups is 1. The van der Waals surface area contributed by atoms with E-state index in [-0.39, 0.29) is 23.5 Å². The lowest BCUT2D eigenvalue weighted by Gasteiger charge is -2.38. The van der Waals surface area contributed by atoms with Crippen LogP contribution >= 0.6 is 0 Å². The van der Waals surface area contributed by atoms with Gasteiger partial charge in [0, 0.05) is 36.9 Å². The number of nitrogens with one attached hydrogen (secondary N) is 1. The predicted octanol–water partition coefficient (Wildman–Crippen LogP) is 3.73. The minimum atomic E-state index is -0.175. The van der Waals surface area contributed by atoms with E-state index in [1.54, 1.807) is 15.8 Å². The van der Waals surface area contributed by atoms with Crippen LogP contribution in [0, 0.1) is 0 Å². The summed E-state index contributed by atoms with van der Waals surface area (Å²) in [6.07, 6.45) is 6.21. The summed E-state index contributed by atoms with van der Waals surface area (Å²) in [6, 6.07) is 12.0. The summed E-state index contributed by atoms with van der Waals surface area (Å²) in [7, 11) is 2.14. The van der Waals surface area contributed by atoms with Crippen LogP contribution < -0.4 is 20.5 Å². The lowest BCUT2D eigenvalue weighted by molar-refractivity contribution is -0.121. The molecule has 5 heterocycles. The van der Waals surface area contributed by atoms with Gasteiger partial charge in [-0.25, -0.2) is 14.3 Å². The first-order chi connectivity index (χ1) is 19.3. The first-order valence-corrected chi connectivity index (χ1v) is 13.6. The highest BCUT2D eigenvalue weighted by Gasteiger charge is 2.30. The monoisotopic (exact) mass is 537 g/mol. The highest BCUT2D eigenvalue weighted by molar-refractivity contribution is 5.98. The van der Waals surface area contributed by atoms with Crippen LogP contribution in [-0.4, -0.2) is 56.9 Å². The zero-order valence-corrected chi connectivity index (χ0v) is 22.8. The number of aromatic nitrogens is 4. The number of ether oxygens (including phenoxy) is 1. The first-order valence-electron chi connectivity index (χ1n) is 13.6. The number of carbonyl (C=O) groups excluding carboxylic acids is 1. The van der Waals surface area contributed by atoms with E-state index in [9.17, 15) is 9.59 Å². The number of benzene rings is 2. The van der Waals surface area contributed by atoms with E-state index in [4.69, 9.17) is 9.72 Å². The summed E-state index contributed by atoms with van der Waals surface area (Å²) in [5.41, 5.74) is 5.33. The Kier molecular flexibility index (Phi) is 5.57. The Labute approximate surface area is 231 Å². The maximum absolute atomic E-state index is 13.5. The highest BCUT2D eigenvalue weighted by Crippen LogP contribution is 2.36. The van der Waals surface area contributed by atoms with Crippen LogP contribution in [0.2, 0.25) is 0 Å². The molecule has 0 saturated carbocycles. The highest BCUT2D eigenvalue weighted by atomic mass is 16.5. The molecule has 2 bridgehead atoms. The molecule has 0 fully saturated rings. The van der Waals surface area contributed by atoms with Crippen molar-refractivity contribution in [2.45, 2.75) is 38.8 Å². The van der Waals surface area contributed by atoms with Gasteiger partial charge in [-0.1, -0.05) is 32.1 Å². The summed E-state index contributed by atoms with van der Waals surface area (Å²) in [6.45, 7) is 7.37. The predicted molar refractivity (Wildman–Crippen MR) is 154 cm³/mol. The molecule has 0 radical (unpaired) electrons. The molecule has 0 saturated heterocycles. The SMILES string of the molecule is CN1Cc2cc(Nc3ncc4c(=O)n5n(c4n3)-c3ccc4c(c3)N(CC/C=C/C5)C(=O)CO4)ccc2C(C)(C)C1. The number of likely N-dealkylation sites (N-methyl/N-ethyl adjacent to an activating group) is 1. The fourth-order valence-electron chi connectivity index (χ4n) is 6.28. The Morgan fingerprint density at radius 2 is 1.95 bits per heavy atom. The van der Waals surface area contributed by atoms with Crippen LogP contribution in [0.1, 0.15) is 31.4 Å². The van der Waals surface area contributed by atoms with Crippen molar-refractivity contribution in [3.05, 3.63) is 76.2 Å². The molecular weight excluding hydrogens is 506 g/mol. The molecule has 2 aromatic carbocycles. The van der Waals surface area contributed by atoms with Crippen molar-refractivity contribution in [3.8, 4) is 11.4 Å². The molecule has 204 valence electrons. The van der Waals surface area contributed by atoms with Gasteiger partial charge in [0.15, 0.2) is 12.3 Å². The van der Waals surface area contributed by atoms with Crippen molar-refractivity contribution in [2.75, 3.05) is 37.0 Å². The van der Waals surface area contributed by atoms with E-state index in [1.165, 1.54) is 11.1 Å². The molecule has 0 spiro atoms. The van der Waals surface area contributed by atoms with Gasteiger partial charge in [0.2, 0.25) is 5.95 Å². The van der Waals surface area contributed by atoms with Crippen molar-refractivity contribution in [3.63, 3.8) is 0 Å². The largest absolute Gasteiger partial charge is 0.482 e. The zero-order chi connectivity index (χ0) is 27.6. The molecule has 0 unspecified atom stereocenters. The van der Waals surface area contributed by atoms with Gasteiger partial charge in [-0.3, -0.25) is 9.59 Å². The van der Waals surface area contributed by atoms with E-state index in [1.807, 2.05) is 35.0 Å². The topological polar surface area (TPSA) is 97.5 Å². The van der Waals surface area contributed by atoms with E-state index in [0.717, 1.165) is 18.8 Å². The Morgan fingerprint density at radius 3 is 2.83 bits per heavy atom. The van der Waals surface area contributed by atoms with Crippen molar-refractivity contribution < 1.29 is 9.53 Å². The van der Waals surface area contributed by atoms with E-state index < -0.39 is 0 Å². The Balaban J connectivity index is 1.33.